The average molecular weight is 268 g/mol. The smallest absolute Gasteiger partial charge is 0.334 e. The third-order valence-corrected chi connectivity index (χ3v) is 2.11. The first-order chi connectivity index (χ1) is 8.92. The van der Waals surface area contributed by atoms with Crippen molar-refractivity contribution in [3.63, 3.8) is 0 Å². The first-order valence-corrected chi connectivity index (χ1v) is 5.46. The number of rotatable bonds is 9. The Kier molecular flexibility index (Phi) is 7.60. The minimum atomic E-state index is -1.26. The molecule has 0 saturated heterocycles. The van der Waals surface area contributed by atoms with Crippen LogP contribution in [0.5, 0.6) is 0 Å². The van der Waals surface area contributed by atoms with Gasteiger partial charge in [0.15, 0.2) is 0 Å². The molecule has 0 radical (unpaired) electrons. The van der Waals surface area contributed by atoms with Gasteiger partial charge in [-0.2, -0.15) is 0 Å². The number of ether oxygens (including phenoxy) is 2. The van der Waals surface area contributed by atoms with E-state index in [1.165, 1.54) is 0 Å². The van der Waals surface area contributed by atoms with Crippen LogP contribution in [-0.2, 0) is 23.9 Å². The molecule has 0 aromatic heterocycles. The number of hydrogen-bond donors (Lipinski definition) is 1. The van der Waals surface area contributed by atoms with Crippen molar-refractivity contribution in [2.45, 2.75) is 18.9 Å². The van der Waals surface area contributed by atoms with Crippen LogP contribution in [0, 0.1) is 0 Å². The molecule has 0 fully saturated rings. The van der Waals surface area contributed by atoms with Gasteiger partial charge in [-0.15, -0.1) is 0 Å². The van der Waals surface area contributed by atoms with Crippen LogP contribution in [0.15, 0.2) is 37.5 Å². The molecule has 6 nitrogen and oxygen atoms in total. The summed E-state index contributed by atoms with van der Waals surface area (Å²) >= 11 is 0. The molecule has 6 heteroatoms. The summed E-state index contributed by atoms with van der Waals surface area (Å²) in [7, 11) is 0. The predicted molar refractivity (Wildman–Crippen MR) is 67.2 cm³/mol. The molecule has 0 aliphatic carbocycles. The van der Waals surface area contributed by atoms with Gasteiger partial charge < -0.3 is 14.6 Å². The largest absolute Gasteiger partial charge is 0.478 e. The van der Waals surface area contributed by atoms with E-state index in [4.69, 9.17) is 14.6 Å². The summed E-state index contributed by atoms with van der Waals surface area (Å²) in [5.41, 5.74) is -0.245. The van der Waals surface area contributed by atoms with Crippen molar-refractivity contribution >= 4 is 17.9 Å². The zero-order valence-corrected chi connectivity index (χ0v) is 10.5. The molecule has 104 valence electrons. The summed E-state index contributed by atoms with van der Waals surface area (Å²) in [6.07, 6.45) is 1.46. The molecule has 1 N–H and O–H groups in total. The number of carbonyl (C=O) groups excluding carboxylic acids is 2. The summed E-state index contributed by atoms with van der Waals surface area (Å²) in [4.78, 5) is 32.6. The summed E-state index contributed by atoms with van der Waals surface area (Å²) in [5.74, 6) is -2.57. The lowest BCUT2D eigenvalue weighted by Gasteiger charge is -2.16. The standard InChI is InChI=1S/C13H16O6/c1-4-11(14)18-8-6-7-10(9(3)13(16)17)19-12(15)5-2/h4-5,10H,1-3,6-8H2,(H,16,17). The second-order valence-electron chi connectivity index (χ2n) is 3.47. The Balaban J connectivity index is 4.34. The highest BCUT2D eigenvalue weighted by molar-refractivity contribution is 5.88. The molecule has 1 unspecified atom stereocenters. The Morgan fingerprint density at radius 2 is 1.74 bits per heavy atom. The zero-order valence-electron chi connectivity index (χ0n) is 10.5. The van der Waals surface area contributed by atoms with Gasteiger partial charge in [-0.3, -0.25) is 0 Å². The maximum Gasteiger partial charge on any atom is 0.334 e. The van der Waals surface area contributed by atoms with Crippen LogP contribution in [-0.4, -0.2) is 35.7 Å². The van der Waals surface area contributed by atoms with Gasteiger partial charge in [0.25, 0.3) is 0 Å². The van der Waals surface area contributed by atoms with Gasteiger partial charge in [-0.25, -0.2) is 14.4 Å². The fraction of sp³-hybridized carbons (Fsp3) is 0.308. The Morgan fingerprint density at radius 3 is 2.21 bits per heavy atom. The lowest BCUT2D eigenvalue weighted by Crippen LogP contribution is -2.24. The second-order valence-corrected chi connectivity index (χ2v) is 3.47. The zero-order chi connectivity index (χ0) is 14.8. The maximum atomic E-state index is 11.1. The van der Waals surface area contributed by atoms with Crippen LogP contribution in [0.1, 0.15) is 12.8 Å². The normalized spacial score (nSPS) is 10.9. The molecule has 0 aliphatic heterocycles. The van der Waals surface area contributed by atoms with Crippen LogP contribution in [0.4, 0.5) is 0 Å². The van der Waals surface area contributed by atoms with Crippen molar-refractivity contribution in [1.29, 1.82) is 0 Å². The van der Waals surface area contributed by atoms with Gasteiger partial charge in [0, 0.05) is 12.2 Å². The van der Waals surface area contributed by atoms with Crippen molar-refractivity contribution in [3.8, 4) is 0 Å². The van der Waals surface area contributed by atoms with E-state index in [1.54, 1.807) is 0 Å². The Hall–Kier alpha value is -2.37. The molecule has 19 heavy (non-hydrogen) atoms. The molecule has 0 aromatic rings. The minimum absolute atomic E-state index is 0.0693. The van der Waals surface area contributed by atoms with Crippen LogP contribution in [0.2, 0.25) is 0 Å². The molecule has 0 bridgehead atoms. The van der Waals surface area contributed by atoms with Crippen molar-refractivity contribution in [3.05, 3.63) is 37.5 Å². The van der Waals surface area contributed by atoms with Gasteiger partial charge in [0.1, 0.15) is 6.10 Å². The highest BCUT2D eigenvalue weighted by atomic mass is 16.5. The first kappa shape index (κ1) is 16.6. The molecule has 0 aliphatic rings. The average Bonchev–Trinajstić information content (AvgIpc) is 2.40. The fourth-order valence-corrected chi connectivity index (χ4v) is 1.13. The van der Waals surface area contributed by atoms with Crippen LogP contribution in [0.3, 0.4) is 0 Å². The highest BCUT2D eigenvalue weighted by Crippen LogP contribution is 2.13. The number of aliphatic carboxylic acids is 1. The molecule has 1 atom stereocenters. The van der Waals surface area contributed by atoms with E-state index in [0.29, 0.717) is 6.42 Å². The number of carbonyl (C=O) groups is 3. The van der Waals surface area contributed by atoms with Crippen molar-refractivity contribution in [2.24, 2.45) is 0 Å². The number of esters is 2. The van der Waals surface area contributed by atoms with Crippen LogP contribution < -0.4 is 0 Å². The van der Waals surface area contributed by atoms with Gasteiger partial charge >= 0.3 is 17.9 Å². The SMILES string of the molecule is C=CC(=O)OCCCC(OC(=O)C=C)C(=C)C(=O)O. The molecule has 0 aromatic carbocycles. The number of carboxylic acids is 1. The van der Waals surface area contributed by atoms with Gasteiger partial charge in [-0.05, 0) is 12.8 Å². The van der Waals surface area contributed by atoms with E-state index in [0.717, 1.165) is 12.2 Å². The van der Waals surface area contributed by atoms with Gasteiger partial charge in [0.05, 0.1) is 12.2 Å². The quantitative estimate of drug-likeness (QED) is 0.384. The number of hydrogen-bond acceptors (Lipinski definition) is 5. The summed E-state index contributed by atoms with van der Waals surface area (Å²) in [6, 6.07) is 0. The lowest BCUT2D eigenvalue weighted by molar-refractivity contribution is -0.145. The molecule has 0 heterocycles. The lowest BCUT2D eigenvalue weighted by atomic mass is 10.1. The minimum Gasteiger partial charge on any atom is -0.478 e. The molecule has 0 amide bonds. The third-order valence-electron chi connectivity index (χ3n) is 2.11. The fourth-order valence-electron chi connectivity index (χ4n) is 1.13. The molecule has 0 spiro atoms. The Morgan fingerprint density at radius 1 is 1.16 bits per heavy atom. The Labute approximate surface area is 111 Å². The molecular weight excluding hydrogens is 252 g/mol. The molecular formula is C13H16O6. The summed E-state index contributed by atoms with van der Waals surface area (Å²) in [6.45, 7) is 9.85. The summed E-state index contributed by atoms with van der Waals surface area (Å²) < 4.78 is 9.58. The van der Waals surface area contributed by atoms with E-state index >= 15 is 0 Å². The molecule has 0 rings (SSSR count). The van der Waals surface area contributed by atoms with Gasteiger partial charge in [-0.1, -0.05) is 19.7 Å². The van der Waals surface area contributed by atoms with Crippen molar-refractivity contribution in [2.75, 3.05) is 6.61 Å². The van der Waals surface area contributed by atoms with E-state index in [9.17, 15) is 14.4 Å². The van der Waals surface area contributed by atoms with E-state index in [-0.39, 0.29) is 18.6 Å². The predicted octanol–water partition coefficient (Wildman–Crippen LogP) is 1.23. The van der Waals surface area contributed by atoms with Crippen molar-refractivity contribution < 1.29 is 29.0 Å². The Bertz CT molecular complexity index is 396. The first-order valence-electron chi connectivity index (χ1n) is 5.46. The third kappa shape index (κ3) is 6.82. The van der Waals surface area contributed by atoms with Crippen LogP contribution >= 0.6 is 0 Å². The van der Waals surface area contributed by atoms with E-state index in [1.807, 2.05) is 0 Å². The number of carboxylic acid groups (broad SMARTS) is 1. The summed E-state index contributed by atoms with van der Waals surface area (Å²) in [5, 5.41) is 8.81. The van der Waals surface area contributed by atoms with E-state index in [2.05, 4.69) is 19.7 Å². The van der Waals surface area contributed by atoms with Gasteiger partial charge in [0.2, 0.25) is 0 Å². The topological polar surface area (TPSA) is 89.9 Å². The maximum absolute atomic E-state index is 11.1. The van der Waals surface area contributed by atoms with E-state index < -0.39 is 24.0 Å². The molecule has 0 saturated carbocycles. The second kappa shape index (κ2) is 8.68. The van der Waals surface area contributed by atoms with Crippen LogP contribution in [0.25, 0.3) is 0 Å². The monoisotopic (exact) mass is 268 g/mol. The van der Waals surface area contributed by atoms with Crippen molar-refractivity contribution in [1.82, 2.24) is 0 Å². The highest BCUT2D eigenvalue weighted by Gasteiger charge is 2.21.